The lowest BCUT2D eigenvalue weighted by Crippen LogP contribution is -2.58. The van der Waals surface area contributed by atoms with E-state index in [1.807, 2.05) is 0 Å². The van der Waals surface area contributed by atoms with Gasteiger partial charge in [0, 0.05) is 14.2 Å². The number of carbonyl (C=O) groups excluding carboxylic acids is 1. The molecule has 2 aliphatic heterocycles. The molecule has 2 aliphatic rings. The molecule has 2 fully saturated rings. The van der Waals surface area contributed by atoms with Crippen molar-refractivity contribution in [1.29, 1.82) is 0 Å². The van der Waals surface area contributed by atoms with E-state index >= 15 is 0 Å². The first kappa shape index (κ1) is 22.4. The minimum atomic E-state index is -3.42. The number of rotatable bonds is 7. The summed E-state index contributed by atoms with van der Waals surface area (Å²) in [5.74, 6) is -1.50. The summed E-state index contributed by atoms with van der Waals surface area (Å²) in [7, 11) is -0.850. The predicted molar refractivity (Wildman–Crippen MR) is 102 cm³/mol. The van der Waals surface area contributed by atoms with Crippen molar-refractivity contribution in [2.75, 3.05) is 27.0 Å². The van der Waals surface area contributed by atoms with Gasteiger partial charge in [0.2, 0.25) is 0 Å². The summed E-state index contributed by atoms with van der Waals surface area (Å²) in [6, 6.07) is 8.50. The molecule has 162 valence electrons. The van der Waals surface area contributed by atoms with Crippen molar-refractivity contribution in [1.82, 2.24) is 0 Å². The Hall–Kier alpha value is -1.32. The first-order chi connectivity index (χ1) is 13.7. The maximum absolute atomic E-state index is 12.6. The van der Waals surface area contributed by atoms with Crippen LogP contribution in [-0.2, 0) is 32.6 Å². The Balaban J connectivity index is 1.74. The van der Waals surface area contributed by atoms with E-state index in [9.17, 15) is 14.5 Å². The van der Waals surface area contributed by atoms with Gasteiger partial charge in [-0.2, -0.15) is 0 Å². The lowest BCUT2D eigenvalue weighted by molar-refractivity contribution is -0.191. The van der Waals surface area contributed by atoms with Gasteiger partial charge in [-0.1, -0.05) is 18.2 Å². The van der Waals surface area contributed by atoms with Crippen LogP contribution in [0.25, 0.3) is 0 Å². The maximum Gasteiger partial charge on any atom is 0.338 e. The fraction of sp³-hybridized carbons (Fsp3) is 0.632. The minimum Gasteiger partial charge on any atom is -0.459 e. The Morgan fingerprint density at radius 2 is 1.72 bits per heavy atom. The zero-order valence-electron chi connectivity index (χ0n) is 16.8. The fourth-order valence-electron chi connectivity index (χ4n) is 3.51. The number of esters is 1. The molecule has 10 heteroatoms. The molecule has 9 nitrogen and oxygen atoms in total. The van der Waals surface area contributed by atoms with Gasteiger partial charge < -0.3 is 33.1 Å². The lowest BCUT2D eigenvalue weighted by atomic mass is 9.96. The number of aliphatic hydroxyl groups is 1. The number of benzene rings is 1. The van der Waals surface area contributed by atoms with Crippen LogP contribution in [0.2, 0.25) is 0 Å². The second kappa shape index (κ2) is 8.81. The third-order valence-electron chi connectivity index (χ3n) is 4.95. The highest BCUT2D eigenvalue weighted by atomic mass is 31.2. The van der Waals surface area contributed by atoms with Gasteiger partial charge in [0.05, 0.1) is 17.8 Å². The summed E-state index contributed by atoms with van der Waals surface area (Å²) < 4.78 is 45.6. The number of carbonyl (C=O) groups is 1. The van der Waals surface area contributed by atoms with Crippen LogP contribution in [-0.4, -0.2) is 74.4 Å². The highest BCUT2D eigenvalue weighted by Crippen LogP contribution is 2.50. The molecule has 3 rings (SSSR count). The van der Waals surface area contributed by atoms with Crippen LogP contribution in [0.15, 0.2) is 30.3 Å². The van der Waals surface area contributed by atoms with Crippen molar-refractivity contribution in [3.63, 3.8) is 0 Å². The molecule has 2 saturated heterocycles. The summed E-state index contributed by atoms with van der Waals surface area (Å²) in [5, 5.41) is 10.7. The SMILES string of the molecule is COP(=O)(C[C@H]1O[C@H](COC(=O)c2ccccc2)[C@@H](O)[C@@H]2OC(C)(C)O[C@@H]21)OC. The molecule has 1 aromatic rings. The van der Waals surface area contributed by atoms with Crippen LogP contribution in [0, 0.1) is 0 Å². The Bertz CT molecular complexity index is 745. The van der Waals surface area contributed by atoms with E-state index in [1.54, 1.807) is 44.2 Å². The van der Waals surface area contributed by atoms with Gasteiger partial charge in [0.25, 0.3) is 0 Å². The minimum absolute atomic E-state index is 0.101. The monoisotopic (exact) mass is 430 g/mol. The molecule has 0 aliphatic carbocycles. The largest absolute Gasteiger partial charge is 0.459 e. The molecule has 2 heterocycles. The Morgan fingerprint density at radius 1 is 1.10 bits per heavy atom. The van der Waals surface area contributed by atoms with Crippen LogP contribution in [0.3, 0.4) is 0 Å². The zero-order valence-corrected chi connectivity index (χ0v) is 17.7. The van der Waals surface area contributed by atoms with E-state index in [4.69, 9.17) is 28.0 Å². The molecule has 0 saturated carbocycles. The molecule has 0 unspecified atom stereocenters. The van der Waals surface area contributed by atoms with Crippen LogP contribution in [0.4, 0.5) is 0 Å². The predicted octanol–water partition coefficient (Wildman–Crippen LogP) is 1.98. The molecular weight excluding hydrogens is 403 g/mol. The van der Waals surface area contributed by atoms with Crippen molar-refractivity contribution in [3.05, 3.63) is 35.9 Å². The van der Waals surface area contributed by atoms with Crippen molar-refractivity contribution in [2.24, 2.45) is 0 Å². The number of fused-ring (bicyclic) bond motifs is 1. The number of hydrogen-bond acceptors (Lipinski definition) is 9. The third-order valence-corrected chi connectivity index (χ3v) is 6.86. The van der Waals surface area contributed by atoms with E-state index in [0.29, 0.717) is 5.56 Å². The van der Waals surface area contributed by atoms with E-state index in [2.05, 4.69) is 0 Å². The van der Waals surface area contributed by atoms with Crippen molar-refractivity contribution in [3.8, 4) is 0 Å². The van der Waals surface area contributed by atoms with E-state index in [0.717, 1.165) is 0 Å². The average molecular weight is 430 g/mol. The van der Waals surface area contributed by atoms with Gasteiger partial charge in [0.1, 0.15) is 31.0 Å². The summed E-state index contributed by atoms with van der Waals surface area (Å²) in [4.78, 5) is 12.2. The number of hydrogen-bond donors (Lipinski definition) is 1. The van der Waals surface area contributed by atoms with Crippen LogP contribution < -0.4 is 0 Å². The highest BCUT2D eigenvalue weighted by molar-refractivity contribution is 7.53. The molecule has 0 amide bonds. The highest BCUT2D eigenvalue weighted by Gasteiger charge is 2.56. The molecule has 5 atom stereocenters. The van der Waals surface area contributed by atoms with Crippen LogP contribution in [0.1, 0.15) is 24.2 Å². The summed E-state index contributed by atoms with van der Waals surface area (Å²) in [6.07, 6.45) is -4.28. The average Bonchev–Trinajstić information content (AvgIpc) is 3.05. The van der Waals surface area contributed by atoms with Crippen molar-refractivity contribution < 1.29 is 42.5 Å². The Labute approximate surface area is 169 Å². The number of aliphatic hydroxyl groups excluding tert-OH is 1. The van der Waals surface area contributed by atoms with Crippen molar-refractivity contribution in [2.45, 2.75) is 50.2 Å². The van der Waals surface area contributed by atoms with E-state index < -0.39 is 49.9 Å². The number of ether oxygens (including phenoxy) is 4. The van der Waals surface area contributed by atoms with E-state index in [-0.39, 0.29) is 12.8 Å². The van der Waals surface area contributed by atoms with Gasteiger partial charge in [0.15, 0.2) is 5.79 Å². The van der Waals surface area contributed by atoms with Gasteiger partial charge >= 0.3 is 13.6 Å². The zero-order chi connectivity index (χ0) is 21.2. The molecule has 1 aromatic carbocycles. The third kappa shape index (κ3) is 5.06. The fourth-order valence-corrected chi connectivity index (χ4v) is 4.69. The first-order valence-electron chi connectivity index (χ1n) is 9.30. The topological polar surface area (TPSA) is 110 Å². The second-order valence-electron chi connectivity index (χ2n) is 7.39. The normalized spacial score (nSPS) is 31.3. The van der Waals surface area contributed by atoms with Gasteiger partial charge in [-0.05, 0) is 26.0 Å². The quantitative estimate of drug-likeness (QED) is 0.513. The summed E-state index contributed by atoms with van der Waals surface area (Å²) in [5.41, 5.74) is 0.386. The van der Waals surface area contributed by atoms with Crippen molar-refractivity contribution >= 4 is 13.6 Å². The second-order valence-corrected chi connectivity index (χ2v) is 9.71. The van der Waals surface area contributed by atoms with Crippen LogP contribution in [0.5, 0.6) is 0 Å². The van der Waals surface area contributed by atoms with Gasteiger partial charge in [-0.3, -0.25) is 4.57 Å². The van der Waals surface area contributed by atoms with Crippen LogP contribution >= 0.6 is 7.60 Å². The first-order valence-corrected chi connectivity index (χ1v) is 11.0. The maximum atomic E-state index is 12.6. The molecule has 29 heavy (non-hydrogen) atoms. The molecule has 0 spiro atoms. The molecule has 0 bridgehead atoms. The summed E-state index contributed by atoms with van der Waals surface area (Å²) in [6.45, 7) is 3.22. The molecular formula is C19H27O9P. The van der Waals surface area contributed by atoms with Gasteiger partial charge in [-0.15, -0.1) is 0 Å². The van der Waals surface area contributed by atoms with Gasteiger partial charge in [-0.25, -0.2) is 4.79 Å². The standard InChI is InChI=1S/C19H27O9P/c1-19(2)27-16-14(11-29(22,23-3)24-4)26-13(15(20)17(16)28-19)10-25-18(21)12-8-6-5-7-9-12/h5-9,13-17,20H,10-11H2,1-4H3/t13-,14-,15-,16-,17+/m1/s1. The lowest BCUT2D eigenvalue weighted by Gasteiger charge is -2.40. The Morgan fingerprint density at radius 3 is 2.34 bits per heavy atom. The molecule has 0 aromatic heterocycles. The summed E-state index contributed by atoms with van der Waals surface area (Å²) >= 11 is 0. The smallest absolute Gasteiger partial charge is 0.338 e. The Kier molecular flexibility index (Phi) is 6.80. The molecule has 0 radical (unpaired) electrons. The molecule has 1 N–H and O–H groups in total. The van der Waals surface area contributed by atoms with E-state index in [1.165, 1.54) is 14.2 Å².